The van der Waals surface area contributed by atoms with Gasteiger partial charge in [0.25, 0.3) is 5.91 Å². The van der Waals surface area contributed by atoms with Crippen molar-refractivity contribution in [2.75, 3.05) is 6.54 Å². The number of benzene rings is 1. The van der Waals surface area contributed by atoms with Crippen LogP contribution in [-0.4, -0.2) is 29.4 Å². The van der Waals surface area contributed by atoms with Crippen molar-refractivity contribution in [3.05, 3.63) is 35.4 Å². The Morgan fingerprint density at radius 3 is 2.38 bits per heavy atom. The Hall–Kier alpha value is -2.37. The molecular weight excluding hydrogens is 308 g/mol. The average Bonchev–Trinajstić information content (AvgIpc) is 2.60. The maximum atomic E-state index is 12.2. The number of aliphatic carboxylic acids is 1. The van der Waals surface area contributed by atoms with Crippen molar-refractivity contribution in [2.45, 2.75) is 39.2 Å². The highest BCUT2D eigenvalue weighted by Crippen LogP contribution is 2.29. The van der Waals surface area contributed by atoms with Crippen LogP contribution in [0, 0.1) is 11.8 Å². The van der Waals surface area contributed by atoms with Gasteiger partial charge in [-0.05, 0) is 43.9 Å². The van der Waals surface area contributed by atoms with Gasteiger partial charge in [0.1, 0.15) is 0 Å². The van der Waals surface area contributed by atoms with Crippen LogP contribution in [0.1, 0.15) is 48.5 Å². The fourth-order valence-corrected chi connectivity index (χ4v) is 3.02. The SMILES string of the molecule is CCNC(=O)c1ccc(CNC(=O)C2CCCC(C(=O)O)C2)cc1. The van der Waals surface area contributed by atoms with Crippen molar-refractivity contribution in [1.29, 1.82) is 0 Å². The number of carboxylic acids is 1. The second-order valence-corrected chi connectivity index (χ2v) is 6.17. The number of carboxylic acid groups (broad SMARTS) is 1. The van der Waals surface area contributed by atoms with E-state index in [1.165, 1.54) is 0 Å². The first-order valence-corrected chi connectivity index (χ1v) is 8.39. The summed E-state index contributed by atoms with van der Waals surface area (Å²) >= 11 is 0. The number of carbonyl (C=O) groups is 3. The molecule has 0 aromatic heterocycles. The van der Waals surface area contributed by atoms with E-state index in [4.69, 9.17) is 5.11 Å². The predicted molar refractivity (Wildman–Crippen MR) is 89.4 cm³/mol. The molecule has 0 radical (unpaired) electrons. The van der Waals surface area contributed by atoms with E-state index in [2.05, 4.69) is 10.6 Å². The topological polar surface area (TPSA) is 95.5 Å². The highest BCUT2D eigenvalue weighted by atomic mass is 16.4. The molecule has 0 spiro atoms. The summed E-state index contributed by atoms with van der Waals surface area (Å²) in [6.07, 6.45) is 2.58. The minimum atomic E-state index is -0.812. The van der Waals surface area contributed by atoms with Crippen LogP contribution < -0.4 is 10.6 Å². The molecule has 1 aromatic carbocycles. The first-order chi connectivity index (χ1) is 11.5. The summed E-state index contributed by atoms with van der Waals surface area (Å²) in [6, 6.07) is 7.08. The maximum absolute atomic E-state index is 12.2. The summed E-state index contributed by atoms with van der Waals surface area (Å²) in [5.41, 5.74) is 1.49. The van der Waals surface area contributed by atoms with Crippen molar-refractivity contribution >= 4 is 17.8 Å². The molecule has 0 aliphatic heterocycles. The number of amides is 2. The van der Waals surface area contributed by atoms with Crippen molar-refractivity contribution < 1.29 is 19.5 Å². The summed E-state index contributed by atoms with van der Waals surface area (Å²) in [7, 11) is 0. The van der Waals surface area contributed by atoms with E-state index in [-0.39, 0.29) is 17.7 Å². The van der Waals surface area contributed by atoms with Crippen molar-refractivity contribution in [2.24, 2.45) is 11.8 Å². The van der Waals surface area contributed by atoms with Gasteiger partial charge >= 0.3 is 5.97 Å². The zero-order valence-electron chi connectivity index (χ0n) is 13.9. The summed E-state index contributed by atoms with van der Waals surface area (Å²) in [6.45, 7) is 2.82. The Labute approximate surface area is 141 Å². The molecule has 1 aliphatic carbocycles. The van der Waals surface area contributed by atoms with E-state index in [1.54, 1.807) is 12.1 Å². The Kier molecular flexibility index (Phi) is 6.35. The third-order valence-electron chi connectivity index (χ3n) is 4.41. The van der Waals surface area contributed by atoms with Crippen molar-refractivity contribution in [3.63, 3.8) is 0 Å². The molecule has 2 unspecified atom stereocenters. The molecule has 6 heteroatoms. The van der Waals surface area contributed by atoms with E-state index in [0.29, 0.717) is 31.5 Å². The van der Waals surface area contributed by atoms with Crippen LogP contribution in [0.2, 0.25) is 0 Å². The van der Waals surface area contributed by atoms with E-state index >= 15 is 0 Å². The van der Waals surface area contributed by atoms with Crippen LogP contribution in [0.3, 0.4) is 0 Å². The van der Waals surface area contributed by atoms with E-state index in [0.717, 1.165) is 18.4 Å². The average molecular weight is 332 g/mol. The van der Waals surface area contributed by atoms with Gasteiger partial charge in [-0.2, -0.15) is 0 Å². The smallest absolute Gasteiger partial charge is 0.306 e. The molecule has 1 aliphatic rings. The second kappa shape index (κ2) is 8.47. The molecule has 0 saturated heterocycles. The molecule has 1 aromatic rings. The lowest BCUT2D eigenvalue weighted by atomic mass is 9.81. The molecule has 2 rings (SSSR count). The molecule has 0 heterocycles. The molecule has 2 atom stereocenters. The monoisotopic (exact) mass is 332 g/mol. The number of carbonyl (C=O) groups excluding carboxylic acids is 2. The van der Waals surface area contributed by atoms with Gasteiger partial charge in [0.15, 0.2) is 0 Å². The van der Waals surface area contributed by atoms with Crippen LogP contribution in [-0.2, 0) is 16.1 Å². The van der Waals surface area contributed by atoms with Crippen LogP contribution in [0.25, 0.3) is 0 Å². The van der Waals surface area contributed by atoms with Gasteiger partial charge in [0.05, 0.1) is 5.92 Å². The zero-order valence-corrected chi connectivity index (χ0v) is 13.9. The standard InChI is InChI=1S/C18H24N2O4/c1-2-19-16(21)13-8-6-12(7-9-13)11-20-17(22)14-4-3-5-15(10-14)18(23)24/h6-9,14-15H,2-5,10-11H2,1H3,(H,19,21)(H,20,22)(H,23,24). The molecule has 1 fully saturated rings. The second-order valence-electron chi connectivity index (χ2n) is 6.17. The quantitative estimate of drug-likeness (QED) is 0.742. The summed E-state index contributed by atoms with van der Waals surface area (Å²) < 4.78 is 0. The first-order valence-electron chi connectivity index (χ1n) is 8.39. The van der Waals surface area contributed by atoms with Crippen molar-refractivity contribution in [3.8, 4) is 0 Å². The number of rotatable bonds is 6. The molecule has 1 saturated carbocycles. The predicted octanol–water partition coefficient (Wildman–Crippen LogP) is 1.94. The van der Waals surface area contributed by atoms with Crippen LogP contribution in [0.5, 0.6) is 0 Å². The minimum absolute atomic E-state index is 0.0891. The van der Waals surface area contributed by atoms with Gasteiger partial charge < -0.3 is 15.7 Å². The molecule has 6 nitrogen and oxygen atoms in total. The van der Waals surface area contributed by atoms with Crippen LogP contribution in [0.4, 0.5) is 0 Å². The zero-order chi connectivity index (χ0) is 17.5. The van der Waals surface area contributed by atoms with Crippen LogP contribution >= 0.6 is 0 Å². The summed E-state index contributed by atoms with van der Waals surface area (Å²) in [5, 5.41) is 14.7. The Balaban J connectivity index is 1.85. The normalized spacial score (nSPS) is 20.2. The third kappa shape index (κ3) is 4.81. The number of hydrogen-bond acceptors (Lipinski definition) is 3. The maximum Gasteiger partial charge on any atom is 0.306 e. The lowest BCUT2D eigenvalue weighted by Crippen LogP contribution is -2.35. The van der Waals surface area contributed by atoms with Crippen molar-refractivity contribution in [1.82, 2.24) is 10.6 Å². The largest absolute Gasteiger partial charge is 0.481 e. The van der Waals surface area contributed by atoms with Gasteiger partial charge in [-0.3, -0.25) is 14.4 Å². The molecule has 0 bridgehead atoms. The molecule has 130 valence electrons. The fraction of sp³-hybridized carbons (Fsp3) is 0.500. The van der Waals surface area contributed by atoms with Gasteiger partial charge in [-0.25, -0.2) is 0 Å². The molecular formula is C18H24N2O4. The highest BCUT2D eigenvalue weighted by Gasteiger charge is 2.30. The number of nitrogens with one attached hydrogen (secondary N) is 2. The van der Waals surface area contributed by atoms with Gasteiger partial charge in [0.2, 0.25) is 5.91 Å². The Morgan fingerprint density at radius 2 is 1.75 bits per heavy atom. The minimum Gasteiger partial charge on any atom is -0.481 e. The highest BCUT2D eigenvalue weighted by molar-refractivity contribution is 5.94. The van der Waals surface area contributed by atoms with Gasteiger partial charge in [-0.1, -0.05) is 18.6 Å². The van der Waals surface area contributed by atoms with Gasteiger partial charge in [-0.15, -0.1) is 0 Å². The molecule has 2 amide bonds. The lowest BCUT2D eigenvalue weighted by Gasteiger charge is -2.25. The first kappa shape index (κ1) is 18.0. The van der Waals surface area contributed by atoms with E-state index in [1.807, 2.05) is 19.1 Å². The Bertz CT molecular complexity index is 598. The van der Waals surface area contributed by atoms with Crippen LogP contribution in [0.15, 0.2) is 24.3 Å². The third-order valence-corrected chi connectivity index (χ3v) is 4.41. The lowest BCUT2D eigenvalue weighted by molar-refractivity contribution is -0.144. The summed E-state index contributed by atoms with van der Waals surface area (Å²) in [5.74, 6) is -1.66. The number of hydrogen-bond donors (Lipinski definition) is 3. The Morgan fingerprint density at radius 1 is 1.08 bits per heavy atom. The van der Waals surface area contributed by atoms with E-state index in [9.17, 15) is 14.4 Å². The molecule has 24 heavy (non-hydrogen) atoms. The fourth-order valence-electron chi connectivity index (χ4n) is 3.02. The van der Waals surface area contributed by atoms with E-state index < -0.39 is 11.9 Å². The van der Waals surface area contributed by atoms with Gasteiger partial charge in [0, 0.05) is 24.6 Å². The summed E-state index contributed by atoms with van der Waals surface area (Å²) in [4.78, 5) is 35.0. The molecule has 3 N–H and O–H groups in total.